The van der Waals surface area contributed by atoms with Crippen molar-refractivity contribution in [2.45, 2.75) is 54.6 Å². The largest absolute Gasteiger partial charge is 0.353 e. The molecule has 148 valence electrons. The number of rotatable bonds is 5. The number of nitrogens with zero attached hydrogens (tertiary/aromatic N) is 2. The van der Waals surface area contributed by atoms with Crippen LogP contribution in [0, 0.1) is 0 Å². The lowest BCUT2D eigenvalue weighted by molar-refractivity contribution is -0.119. The fraction of sp³-hybridized carbons (Fsp3) is 0.450. The Kier molecular flexibility index (Phi) is 6.48. The third-order valence-electron chi connectivity index (χ3n) is 5.05. The number of halogens is 1. The Hall–Kier alpha value is -1.25. The van der Waals surface area contributed by atoms with Crippen LogP contribution < -0.4 is 10.9 Å². The molecule has 0 unspecified atom stereocenters. The Morgan fingerprint density at radius 3 is 2.75 bits per heavy atom. The highest BCUT2D eigenvalue weighted by Crippen LogP contribution is 2.30. The van der Waals surface area contributed by atoms with Gasteiger partial charge < -0.3 is 5.32 Å². The molecule has 8 heteroatoms. The molecule has 1 fully saturated rings. The lowest BCUT2D eigenvalue weighted by Gasteiger charge is -2.22. The van der Waals surface area contributed by atoms with Crippen molar-refractivity contribution in [3.8, 4) is 5.69 Å². The molecule has 2 aliphatic rings. The Labute approximate surface area is 181 Å². The minimum absolute atomic E-state index is 0.0170. The van der Waals surface area contributed by atoms with Gasteiger partial charge in [0.1, 0.15) is 0 Å². The van der Waals surface area contributed by atoms with Gasteiger partial charge in [0.15, 0.2) is 5.16 Å². The predicted molar refractivity (Wildman–Crippen MR) is 118 cm³/mol. The van der Waals surface area contributed by atoms with Crippen LogP contribution in [0.5, 0.6) is 0 Å². The number of carbonyl (C=O) groups is 1. The highest BCUT2D eigenvalue weighted by molar-refractivity contribution is 9.10. The van der Waals surface area contributed by atoms with E-state index in [0.717, 1.165) is 45.8 Å². The van der Waals surface area contributed by atoms with E-state index in [4.69, 9.17) is 4.98 Å². The van der Waals surface area contributed by atoms with Gasteiger partial charge in [0.05, 0.1) is 22.0 Å². The number of benzene rings is 1. The van der Waals surface area contributed by atoms with Crippen LogP contribution in [0.1, 0.15) is 37.8 Å². The first-order valence-electron chi connectivity index (χ1n) is 9.58. The summed E-state index contributed by atoms with van der Waals surface area (Å²) < 4.78 is 2.59. The van der Waals surface area contributed by atoms with Gasteiger partial charge in [0.2, 0.25) is 5.91 Å². The first-order valence-corrected chi connectivity index (χ1v) is 12.3. The van der Waals surface area contributed by atoms with Crippen molar-refractivity contribution in [2.24, 2.45) is 0 Å². The van der Waals surface area contributed by atoms with Gasteiger partial charge in [-0.3, -0.25) is 14.2 Å². The van der Waals surface area contributed by atoms with Gasteiger partial charge in [-0.25, -0.2) is 4.98 Å². The summed E-state index contributed by atoms with van der Waals surface area (Å²) in [5, 5.41) is 3.73. The summed E-state index contributed by atoms with van der Waals surface area (Å²) in [4.78, 5) is 31.0. The number of hydrogen-bond donors (Lipinski definition) is 1. The number of thioether (sulfide) groups is 2. The molecule has 28 heavy (non-hydrogen) atoms. The lowest BCUT2D eigenvalue weighted by Crippen LogP contribution is -2.37. The molecule has 1 amide bonds. The fourth-order valence-electron chi connectivity index (χ4n) is 3.65. The van der Waals surface area contributed by atoms with Crippen LogP contribution in [0.15, 0.2) is 43.6 Å². The van der Waals surface area contributed by atoms with E-state index in [1.807, 2.05) is 24.3 Å². The molecule has 1 aromatic heterocycles. The first-order chi connectivity index (χ1) is 13.6. The second kappa shape index (κ2) is 9.05. The van der Waals surface area contributed by atoms with Gasteiger partial charge >= 0.3 is 0 Å². The maximum Gasteiger partial charge on any atom is 0.272 e. The zero-order valence-electron chi connectivity index (χ0n) is 15.4. The quantitative estimate of drug-likeness (QED) is 0.514. The summed E-state index contributed by atoms with van der Waals surface area (Å²) in [5.41, 5.74) is 1.59. The number of amides is 1. The molecular formula is C20H22BrN3O2S2. The Balaban J connectivity index is 1.57. The van der Waals surface area contributed by atoms with Gasteiger partial charge in [-0.05, 0) is 37.1 Å². The molecule has 1 aliphatic carbocycles. The van der Waals surface area contributed by atoms with Crippen LogP contribution in [0.2, 0.25) is 0 Å². The van der Waals surface area contributed by atoms with Gasteiger partial charge in [-0.15, -0.1) is 11.8 Å². The molecule has 2 heterocycles. The standard InChI is InChI=1S/C20H22BrN3O2S2/c21-13-6-8-15(9-7-13)24-19(26)18-16(10-11-27-18)23-20(24)28-12-17(25)22-14-4-2-1-3-5-14/h6-9,14H,1-5,10-12H2,(H,22,25). The van der Waals surface area contributed by atoms with Crippen molar-refractivity contribution in [2.75, 3.05) is 11.5 Å². The predicted octanol–water partition coefficient (Wildman–Crippen LogP) is 4.18. The highest BCUT2D eigenvalue weighted by Gasteiger charge is 2.23. The van der Waals surface area contributed by atoms with E-state index in [0.29, 0.717) is 11.2 Å². The van der Waals surface area contributed by atoms with Crippen molar-refractivity contribution in [3.05, 3.63) is 44.8 Å². The lowest BCUT2D eigenvalue weighted by atomic mass is 9.95. The molecule has 5 nitrogen and oxygen atoms in total. The summed E-state index contributed by atoms with van der Waals surface area (Å²) >= 11 is 6.35. The van der Waals surface area contributed by atoms with Crippen LogP contribution >= 0.6 is 39.5 Å². The number of aromatic nitrogens is 2. The normalized spacial score (nSPS) is 16.8. The summed E-state index contributed by atoms with van der Waals surface area (Å²) in [7, 11) is 0. The molecule has 1 aliphatic heterocycles. The van der Waals surface area contributed by atoms with Gasteiger partial charge in [-0.1, -0.05) is 47.0 Å². The highest BCUT2D eigenvalue weighted by atomic mass is 79.9. The minimum atomic E-state index is -0.0370. The number of fused-ring (bicyclic) bond motifs is 1. The summed E-state index contributed by atoms with van der Waals surface area (Å²) in [6.45, 7) is 0. The van der Waals surface area contributed by atoms with Crippen molar-refractivity contribution >= 4 is 45.4 Å². The summed E-state index contributed by atoms with van der Waals surface area (Å²) in [6, 6.07) is 7.90. The Morgan fingerprint density at radius 2 is 2.00 bits per heavy atom. The van der Waals surface area contributed by atoms with E-state index < -0.39 is 0 Å². The second-order valence-electron chi connectivity index (χ2n) is 7.08. The average Bonchev–Trinajstić information content (AvgIpc) is 3.17. The summed E-state index contributed by atoms with van der Waals surface area (Å²) in [5.74, 6) is 1.17. The minimum Gasteiger partial charge on any atom is -0.353 e. The van der Waals surface area contributed by atoms with E-state index in [-0.39, 0.29) is 17.2 Å². The SMILES string of the molecule is O=C(CSc1nc2c(c(=O)n1-c1ccc(Br)cc1)SCC2)NC1CCCCC1. The molecular weight excluding hydrogens is 458 g/mol. The average molecular weight is 480 g/mol. The molecule has 1 aromatic carbocycles. The Bertz CT molecular complexity index is 924. The van der Waals surface area contributed by atoms with E-state index in [9.17, 15) is 9.59 Å². The molecule has 0 radical (unpaired) electrons. The van der Waals surface area contributed by atoms with Crippen molar-refractivity contribution in [3.63, 3.8) is 0 Å². The molecule has 0 atom stereocenters. The number of hydrogen-bond acceptors (Lipinski definition) is 5. The molecule has 0 spiro atoms. The zero-order valence-corrected chi connectivity index (χ0v) is 18.7. The molecule has 2 aromatic rings. The molecule has 4 rings (SSSR count). The third kappa shape index (κ3) is 4.49. The molecule has 1 saturated carbocycles. The van der Waals surface area contributed by atoms with Crippen LogP contribution in [0.25, 0.3) is 5.69 Å². The maximum absolute atomic E-state index is 13.1. The van der Waals surface area contributed by atoms with Crippen molar-refractivity contribution in [1.29, 1.82) is 0 Å². The second-order valence-corrected chi connectivity index (χ2v) is 10.0. The number of carbonyl (C=O) groups excluding carboxylic acids is 1. The van der Waals surface area contributed by atoms with Crippen molar-refractivity contribution < 1.29 is 4.79 Å². The first kappa shape index (κ1) is 20.0. The third-order valence-corrected chi connectivity index (χ3v) is 7.63. The number of nitrogens with one attached hydrogen (secondary N) is 1. The zero-order chi connectivity index (χ0) is 19.5. The van der Waals surface area contributed by atoms with Crippen LogP contribution in [0.4, 0.5) is 0 Å². The fourth-order valence-corrected chi connectivity index (χ4v) is 5.78. The molecule has 0 bridgehead atoms. The molecule has 1 N–H and O–H groups in total. The van der Waals surface area contributed by atoms with Crippen LogP contribution in [-0.4, -0.2) is 33.0 Å². The number of aryl methyl sites for hydroxylation is 1. The topological polar surface area (TPSA) is 64.0 Å². The van der Waals surface area contributed by atoms with Gasteiger partial charge in [-0.2, -0.15) is 0 Å². The van der Waals surface area contributed by atoms with E-state index in [1.54, 1.807) is 16.3 Å². The van der Waals surface area contributed by atoms with Crippen LogP contribution in [-0.2, 0) is 11.2 Å². The van der Waals surface area contributed by atoms with Crippen LogP contribution in [0.3, 0.4) is 0 Å². The smallest absolute Gasteiger partial charge is 0.272 e. The summed E-state index contributed by atoms with van der Waals surface area (Å²) in [6.07, 6.45) is 6.56. The van der Waals surface area contributed by atoms with E-state index >= 15 is 0 Å². The van der Waals surface area contributed by atoms with Crippen molar-refractivity contribution in [1.82, 2.24) is 14.9 Å². The Morgan fingerprint density at radius 1 is 1.25 bits per heavy atom. The maximum atomic E-state index is 13.1. The van der Waals surface area contributed by atoms with Gasteiger partial charge in [0.25, 0.3) is 5.56 Å². The molecule has 0 saturated heterocycles. The van der Waals surface area contributed by atoms with Gasteiger partial charge in [0, 0.05) is 22.7 Å². The van der Waals surface area contributed by atoms with E-state index in [1.165, 1.54) is 31.0 Å². The van der Waals surface area contributed by atoms with E-state index in [2.05, 4.69) is 21.2 Å². The monoisotopic (exact) mass is 479 g/mol.